The molecule has 0 aromatic carbocycles. The number of Topliss-reactive ketones (excluding diaryl/α,β-unsaturated/α-hetero) is 1. The van der Waals surface area contributed by atoms with Crippen LogP contribution in [0.1, 0.15) is 56.4 Å². The van der Waals surface area contributed by atoms with E-state index in [1.54, 1.807) is 51.9 Å². The fraction of sp³-hybridized carbons (Fsp3) is 0.381. The molecule has 0 spiro atoms. The number of hydrogen-bond acceptors (Lipinski definition) is 5. The summed E-state index contributed by atoms with van der Waals surface area (Å²) in [6, 6.07) is 3.61. The minimum Gasteiger partial charge on any atom is -0.444 e. The van der Waals surface area contributed by atoms with Crippen molar-refractivity contribution in [3.8, 4) is 6.07 Å². The predicted molar refractivity (Wildman–Crippen MR) is 110 cm³/mol. The summed E-state index contributed by atoms with van der Waals surface area (Å²) < 4.78 is 5.17. The number of alkyl carbamates (subject to hydrolysis) is 1. The largest absolute Gasteiger partial charge is 0.444 e. The maximum absolute atomic E-state index is 12.6. The highest BCUT2D eigenvalue weighted by Crippen LogP contribution is 2.19. The molecule has 7 heteroatoms. The molecule has 150 valence electrons. The van der Waals surface area contributed by atoms with Crippen LogP contribution in [0.3, 0.4) is 0 Å². The lowest BCUT2D eigenvalue weighted by atomic mass is 10.1. The van der Waals surface area contributed by atoms with E-state index in [0.717, 1.165) is 11.1 Å². The van der Waals surface area contributed by atoms with Crippen molar-refractivity contribution in [3.05, 3.63) is 46.6 Å². The predicted octanol–water partition coefficient (Wildman–Crippen LogP) is 4.09. The van der Waals surface area contributed by atoms with Crippen molar-refractivity contribution in [3.63, 3.8) is 0 Å². The third kappa shape index (κ3) is 7.54. The van der Waals surface area contributed by atoms with Gasteiger partial charge in [-0.25, -0.2) is 4.79 Å². The zero-order valence-corrected chi connectivity index (χ0v) is 17.5. The topological polar surface area (TPSA) is 98.2 Å². The minimum absolute atomic E-state index is 0.0254. The standard InChI is InChI=1S/C21H28N4O3/c1-14(2)10-15-11-18(19(26)16(12-22)13-25(6)7)24-17(15)8-9-23-20(27)28-21(3,4)5/h8-11,13,24H,1-7H3,(H,23,27)/b9-8+,16-13+. The number of aromatic nitrogens is 1. The molecule has 0 atom stereocenters. The SMILES string of the molecule is CC(C)=Cc1cc(C(=O)/C(C#N)=C/N(C)C)[nH]c1/C=C/NC(=O)OC(C)(C)C. The molecule has 1 aromatic heterocycles. The number of nitrogens with one attached hydrogen (secondary N) is 2. The summed E-state index contributed by atoms with van der Waals surface area (Å²) in [5.41, 5.74) is 2.16. The van der Waals surface area contributed by atoms with E-state index in [0.29, 0.717) is 11.4 Å². The van der Waals surface area contributed by atoms with Gasteiger partial charge < -0.3 is 14.6 Å². The van der Waals surface area contributed by atoms with Crippen molar-refractivity contribution in [2.45, 2.75) is 40.2 Å². The average molecular weight is 384 g/mol. The number of rotatable bonds is 6. The summed E-state index contributed by atoms with van der Waals surface area (Å²) in [6.07, 6.45) is 5.89. The summed E-state index contributed by atoms with van der Waals surface area (Å²) in [5.74, 6) is -0.403. The number of allylic oxidation sites excluding steroid dienone is 2. The molecule has 1 amide bonds. The first kappa shape index (κ1) is 22.8. The highest BCUT2D eigenvalue weighted by molar-refractivity contribution is 6.10. The molecular weight excluding hydrogens is 356 g/mol. The zero-order valence-electron chi connectivity index (χ0n) is 17.5. The van der Waals surface area contributed by atoms with Crippen LogP contribution < -0.4 is 5.32 Å². The Morgan fingerprint density at radius 1 is 1.29 bits per heavy atom. The average Bonchev–Trinajstić information content (AvgIpc) is 2.92. The Balaban J connectivity index is 3.14. The lowest BCUT2D eigenvalue weighted by molar-refractivity contribution is 0.0552. The van der Waals surface area contributed by atoms with Crippen LogP contribution >= 0.6 is 0 Å². The minimum atomic E-state index is -0.594. The van der Waals surface area contributed by atoms with Gasteiger partial charge in [0.2, 0.25) is 5.78 Å². The number of nitriles is 1. The van der Waals surface area contributed by atoms with Crippen LogP contribution in [-0.4, -0.2) is 41.5 Å². The van der Waals surface area contributed by atoms with Gasteiger partial charge in [-0.2, -0.15) is 5.26 Å². The maximum Gasteiger partial charge on any atom is 0.411 e. The molecule has 0 aliphatic heterocycles. The van der Waals surface area contributed by atoms with E-state index in [-0.39, 0.29) is 5.57 Å². The Bertz CT molecular complexity index is 855. The van der Waals surface area contributed by atoms with Crippen molar-refractivity contribution in [2.24, 2.45) is 0 Å². The second-order valence-electron chi connectivity index (χ2n) is 7.70. The van der Waals surface area contributed by atoms with E-state index < -0.39 is 17.5 Å². The number of amides is 1. The number of ether oxygens (including phenoxy) is 1. The van der Waals surface area contributed by atoms with Crippen LogP contribution in [0.15, 0.2) is 29.6 Å². The van der Waals surface area contributed by atoms with Gasteiger partial charge in [-0.05, 0) is 46.8 Å². The van der Waals surface area contributed by atoms with Crippen LogP contribution in [0.5, 0.6) is 0 Å². The van der Waals surface area contributed by atoms with Gasteiger partial charge in [0.05, 0.1) is 5.69 Å². The summed E-state index contributed by atoms with van der Waals surface area (Å²) in [5, 5.41) is 11.8. The first-order valence-electron chi connectivity index (χ1n) is 8.80. The quantitative estimate of drug-likeness (QED) is 0.437. The van der Waals surface area contributed by atoms with Gasteiger partial charge in [0.25, 0.3) is 0 Å². The third-order valence-corrected chi connectivity index (χ3v) is 3.17. The second kappa shape index (κ2) is 9.60. The number of carbonyl (C=O) groups excluding carboxylic acids is 2. The summed E-state index contributed by atoms with van der Waals surface area (Å²) in [6.45, 7) is 9.21. The number of aromatic amines is 1. The van der Waals surface area contributed by atoms with Crippen molar-refractivity contribution >= 4 is 24.0 Å². The molecule has 0 aliphatic carbocycles. The first-order valence-corrected chi connectivity index (χ1v) is 8.80. The fourth-order valence-electron chi connectivity index (χ4n) is 2.22. The molecule has 0 bridgehead atoms. The van der Waals surface area contributed by atoms with E-state index in [2.05, 4.69) is 10.3 Å². The lowest BCUT2D eigenvalue weighted by Crippen LogP contribution is -2.29. The highest BCUT2D eigenvalue weighted by atomic mass is 16.6. The summed E-state index contributed by atoms with van der Waals surface area (Å²) in [4.78, 5) is 29.0. The molecule has 28 heavy (non-hydrogen) atoms. The first-order chi connectivity index (χ1) is 12.9. The molecule has 0 unspecified atom stereocenters. The number of hydrogen-bond donors (Lipinski definition) is 2. The Morgan fingerprint density at radius 3 is 2.43 bits per heavy atom. The number of carbonyl (C=O) groups is 2. The number of H-pyrrole nitrogens is 1. The molecule has 7 nitrogen and oxygen atoms in total. The van der Waals surface area contributed by atoms with Crippen molar-refractivity contribution in [1.82, 2.24) is 15.2 Å². The van der Waals surface area contributed by atoms with E-state index in [1.807, 2.05) is 26.0 Å². The summed E-state index contributed by atoms with van der Waals surface area (Å²) in [7, 11) is 3.48. The molecule has 1 rings (SSSR count). The van der Waals surface area contributed by atoms with Gasteiger partial charge >= 0.3 is 6.09 Å². The number of ketones is 1. The van der Waals surface area contributed by atoms with Crippen LogP contribution in [0.4, 0.5) is 4.79 Å². The van der Waals surface area contributed by atoms with Crippen LogP contribution in [0.25, 0.3) is 12.2 Å². The highest BCUT2D eigenvalue weighted by Gasteiger charge is 2.17. The molecule has 1 aromatic rings. The lowest BCUT2D eigenvalue weighted by Gasteiger charge is -2.18. The Kier molecular flexibility index (Phi) is 7.81. The molecule has 0 saturated carbocycles. The smallest absolute Gasteiger partial charge is 0.411 e. The van der Waals surface area contributed by atoms with Gasteiger partial charge in [0, 0.05) is 37.8 Å². The van der Waals surface area contributed by atoms with Gasteiger partial charge in [-0.1, -0.05) is 11.6 Å². The molecule has 0 fully saturated rings. The van der Waals surface area contributed by atoms with E-state index in [1.165, 1.54) is 12.4 Å². The zero-order chi connectivity index (χ0) is 21.5. The van der Waals surface area contributed by atoms with Crippen molar-refractivity contribution in [2.75, 3.05) is 14.1 Å². The van der Waals surface area contributed by atoms with Crippen molar-refractivity contribution < 1.29 is 14.3 Å². The fourth-order valence-corrected chi connectivity index (χ4v) is 2.22. The van der Waals surface area contributed by atoms with E-state index in [4.69, 9.17) is 4.74 Å². The molecule has 0 saturated heterocycles. The molecule has 0 radical (unpaired) electrons. The number of nitrogens with zero attached hydrogens (tertiary/aromatic N) is 2. The van der Waals surface area contributed by atoms with Gasteiger partial charge in [0.1, 0.15) is 17.2 Å². The third-order valence-electron chi connectivity index (χ3n) is 3.17. The monoisotopic (exact) mass is 384 g/mol. The van der Waals surface area contributed by atoms with Crippen LogP contribution in [0.2, 0.25) is 0 Å². The maximum atomic E-state index is 12.6. The Hall–Kier alpha value is -3.27. The van der Waals surface area contributed by atoms with Gasteiger partial charge in [-0.3, -0.25) is 10.1 Å². The molecule has 2 N–H and O–H groups in total. The van der Waals surface area contributed by atoms with E-state index >= 15 is 0 Å². The molecule has 0 aliphatic rings. The molecular formula is C21H28N4O3. The Labute approximate surface area is 166 Å². The Morgan fingerprint density at radius 2 is 1.93 bits per heavy atom. The van der Waals surface area contributed by atoms with Crippen LogP contribution in [-0.2, 0) is 4.74 Å². The van der Waals surface area contributed by atoms with E-state index in [9.17, 15) is 14.9 Å². The van der Waals surface area contributed by atoms with Crippen LogP contribution in [0, 0.1) is 11.3 Å². The second-order valence-corrected chi connectivity index (χ2v) is 7.70. The van der Waals surface area contributed by atoms with Gasteiger partial charge in [-0.15, -0.1) is 0 Å². The van der Waals surface area contributed by atoms with Gasteiger partial charge in [0.15, 0.2) is 0 Å². The molecule has 1 heterocycles. The van der Waals surface area contributed by atoms with Crippen molar-refractivity contribution in [1.29, 1.82) is 5.26 Å². The normalized spacial score (nSPS) is 11.7. The summed E-state index contributed by atoms with van der Waals surface area (Å²) >= 11 is 0.